The number of allylic oxidation sites excluding steroid dienone is 1. The lowest BCUT2D eigenvalue weighted by atomic mass is 10.00. The Labute approximate surface area is 168 Å². The summed E-state index contributed by atoms with van der Waals surface area (Å²) in [5.74, 6) is -0.184. The number of imide groups is 1. The first-order chi connectivity index (χ1) is 13.7. The van der Waals surface area contributed by atoms with E-state index in [0.29, 0.717) is 17.2 Å². The van der Waals surface area contributed by atoms with Crippen LogP contribution in [0, 0.1) is 6.92 Å². The van der Waals surface area contributed by atoms with Crippen LogP contribution in [-0.2, 0) is 21.4 Å². The highest BCUT2D eigenvalue weighted by Gasteiger charge is 2.48. The molecule has 0 aromatic carbocycles. The molecule has 3 aliphatic rings. The molecule has 1 unspecified atom stereocenters. The number of nitrogens with zero attached hydrogens (tertiary/aromatic N) is 3. The largest absolute Gasteiger partial charge is 0.501 e. The van der Waals surface area contributed by atoms with Crippen LogP contribution >= 0.6 is 0 Å². The number of sulfonamides is 1. The minimum Gasteiger partial charge on any atom is -0.357 e. The fraction of sp³-hybridized carbons (Fsp3) is 0.474. The normalized spacial score (nSPS) is 23.3. The molecule has 3 amide bonds. The van der Waals surface area contributed by atoms with Crippen molar-refractivity contribution in [3.05, 3.63) is 41.3 Å². The van der Waals surface area contributed by atoms with Gasteiger partial charge >= 0.3 is 11.9 Å². The van der Waals surface area contributed by atoms with Crippen LogP contribution in [0.4, 0.5) is 4.79 Å². The third-order valence-corrected chi connectivity index (χ3v) is 7.37. The van der Waals surface area contributed by atoms with Crippen LogP contribution in [0.2, 0.25) is 0 Å². The number of rotatable bonds is 6. The molecule has 154 valence electrons. The summed E-state index contributed by atoms with van der Waals surface area (Å²) in [6.45, 7) is 3.61. The van der Waals surface area contributed by atoms with Gasteiger partial charge < -0.3 is 4.52 Å². The molecule has 29 heavy (non-hydrogen) atoms. The van der Waals surface area contributed by atoms with Crippen molar-refractivity contribution in [1.82, 2.24) is 14.8 Å². The Bertz CT molecular complexity index is 1090. The van der Waals surface area contributed by atoms with E-state index in [9.17, 15) is 18.0 Å². The van der Waals surface area contributed by atoms with E-state index in [1.54, 1.807) is 20.0 Å². The number of carbonyl (C=O) groups excluding carboxylic acids is 2. The van der Waals surface area contributed by atoms with Gasteiger partial charge in [0.25, 0.3) is 0 Å². The smallest absolute Gasteiger partial charge is 0.357 e. The first-order valence-electron chi connectivity index (χ1n) is 9.48. The zero-order valence-electron chi connectivity index (χ0n) is 16.5. The number of hydrogen-bond acceptors (Lipinski definition) is 6. The summed E-state index contributed by atoms with van der Waals surface area (Å²) in [6.07, 6.45) is 6.78. The van der Waals surface area contributed by atoms with Gasteiger partial charge in [0.15, 0.2) is 12.3 Å². The van der Waals surface area contributed by atoms with Crippen molar-refractivity contribution in [2.45, 2.75) is 50.4 Å². The highest BCUT2D eigenvalue weighted by molar-refractivity contribution is 7.90. The average Bonchev–Trinajstić information content (AvgIpc) is 3.33. The zero-order valence-corrected chi connectivity index (χ0v) is 17.3. The van der Waals surface area contributed by atoms with Gasteiger partial charge in [0, 0.05) is 11.6 Å². The fourth-order valence-electron chi connectivity index (χ4n) is 3.60. The molecule has 0 saturated heterocycles. The summed E-state index contributed by atoms with van der Waals surface area (Å²) < 4.78 is 35.0. The Hall–Kier alpha value is -2.59. The lowest BCUT2D eigenvalue weighted by Gasteiger charge is -2.25. The van der Waals surface area contributed by atoms with Crippen LogP contribution in [0.25, 0.3) is 0 Å². The molecular weight excluding hydrogens is 396 g/mol. The van der Waals surface area contributed by atoms with Crippen molar-refractivity contribution < 1.29 is 27.1 Å². The maximum Gasteiger partial charge on any atom is 0.501 e. The van der Waals surface area contributed by atoms with Crippen molar-refractivity contribution in [3.8, 4) is 0 Å². The molecular formula is C19H23N4O5S+. The summed E-state index contributed by atoms with van der Waals surface area (Å²) in [7, 11) is -2.15. The minimum absolute atomic E-state index is 0.0776. The molecule has 1 aromatic rings. The van der Waals surface area contributed by atoms with Crippen molar-refractivity contribution in [3.63, 3.8) is 0 Å². The molecule has 9 nitrogen and oxygen atoms in total. The van der Waals surface area contributed by atoms with Gasteiger partial charge in [-0.05, 0) is 38.3 Å². The lowest BCUT2D eigenvalue weighted by molar-refractivity contribution is -0.402. The molecule has 1 atom stereocenters. The van der Waals surface area contributed by atoms with E-state index < -0.39 is 27.2 Å². The van der Waals surface area contributed by atoms with Gasteiger partial charge in [0.1, 0.15) is 16.5 Å². The number of aryl methyl sites for hydroxylation is 1. The number of carbonyl (C=O) groups is 2. The quantitative estimate of drug-likeness (QED) is 0.695. The number of fused-ring (bicyclic) bond motifs is 1. The minimum atomic E-state index is -3.70. The molecule has 1 N–H and O–H groups in total. The Morgan fingerprint density at radius 1 is 1.38 bits per heavy atom. The summed E-state index contributed by atoms with van der Waals surface area (Å²) >= 11 is 0. The first-order valence-corrected chi connectivity index (χ1v) is 11.0. The number of aromatic nitrogens is 1. The predicted molar refractivity (Wildman–Crippen MR) is 104 cm³/mol. The second kappa shape index (κ2) is 6.74. The monoisotopic (exact) mass is 419 g/mol. The van der Waals surface area contributed by atoms with Crippen LogP contribution < -0.4 is 4.72 Å². The van der Waals surface area contributed by atoms with Gasteiger partial charge in [0.05, 0.1) is 12.7 Å². The molecule has 0 radical (unpaired) electrons. The molecule has 1 saturated carbocycles. The van der Waals surface area contributed by atoms with Crippen LogP contribution in [0.3, 0.4) is 0 Å². The summed E-state index contributed by atoms with van der Waals surface area (Å²) in [5.41, 5.74) is 0.837. The van der Waals surface area contributed by atoms with E-state index in [4.69, 9.17) is 4.52 Å². The highest BCUT2D eigenvalue weighted by atomic mass is 32.2. The summed E-state index contributed by atoms with van der Waals surface area (Å²) in [4.78, 5) is 26.7. The van der Waals surface area contributed by atoms with Crippen molar-refractivity contribution in [2.75, 3.05) is 7.05 Å². The van der Waals surface area contributed by atoms with Crippen molar-refractivity contribution in [2.24, 2.45) is 0 Å². The van der Waals surface area contributed by atoms with E-state index in [-0.39, 0.29) is 17.7 Å². The maximum absolute atomic E-state index is 13.0. The third-order valence-electron chi connectivity index (χ3n) is 5.64. The van der Waals surface area contributed by atoms with Crippen LogP contribution in [0.1, 0.15) is 37.6 Å². The fourth-order valence-corrected chi connectivity index (χ4v) is 5.29. The highest BCUT2D eigenvalue weighted by Crippen LogP contribution is 2.39. The lowest BCUT2D eigenvalue weighted by Crippen LogP contribution is -2.50. The second-order valence-corrected chi connectivity index (χ2v) is 9.58. The topological polar surface area (TPSA) is 113 Å². The van der Waals surface area contributed by atoms with Gasteiger partial charge in [-0.3, -0.25) is 0 Å². The Morgan fingerprint density at radius 2 is 2.10 bits per heavy atom. The molecule has 0 spiro atoms. The van der Waals surface area contributed by atoms with Crippen LogP contribution in [0.15, 0.2) is 34.4 Å². The maximum atomic E-state index is 13.0. The number of nitrogens with one attached hydrogen (secondary N) is 1. The van der Waals surface area contributed by atoms with Gasteiger partial charge in [0.2, 0.25) is 10.0 Å². The van der Waals surface area contributed by atoms with E-state index in [0.717, 1.165) is 24.2 Å². The number of hydrogen-bond donors (Lipinski definition) is 1. The molecule has 10 heteroatoms. The average molecular weight is 419 g/mol. The Kier molecular flexibility index (Phi) is 4.58. The van der Waals surface area contributed by atoms with Crippen LogP contribution in [0.5, 0.6) is 0 Å². The van der Waals surface area contributed by atoms with Crippen molar-refractivity contribution >= 4 is 27.7 Å². The predicted octanol–water partition coefficient (Wildman–Crippen LogP) is 1.26. The summed E-state index contributed by atoms with van der Waals surface area (Å²) in [6, 6.07) is 1.13. The number of urea groups is 1. The van der Waals surface area contributed by atoms with Gasteiger partial charge in [-0.15, -0.1) is 4.90 Å². The van der Waals surface area contributed by atoms with Crippen molar-refractivity contribution in [1.29, 1.82) is 0 Å². The molecule has 2 aliphatic carbocycles. The second-order valence-electron chi connectivity index (χ2n) is 7.74. The van der Waals surface area contributed by atoms with Gasteiger partial charge in [-0.25, -0.2) is 17.9 Å². The van der Waals surface area contributed by atoms with Crippen LogP contribution in [-0.4, -0.2) is 58.5 Å². The third kappa shape index (κ3) is 3.46. The molecule has 1 fully saturated rings. The molecule has 0 bridgehead atoms. The summed E-state index contributed by atoms with van der Waals surface area (Å²) in [5, 5.41) is 2.79. The first kappa shape index (κ1) is 19.7. The molecule has 2 heterocycles. The Balaban J connectivity index is 1.65. The molecule has 1 aliphatic heterocycles. The van der Waals surface area contributed by atoms with Gasteiger partial charge in [-0.1, -0.05) is 18.2 Å². The molecule has 1 aromatic heterocycles. The van der Waals surface area contributed by atoms with E-state index >= 15 is 0 Å². The Morgan fingerprint density at radius 3 is 2.69 bits per heavy atom. The van der Waals surface area contributed by atoms with Gasteiger partial charge in [-0.2, -0.15) is 9.37 Å². The number of amides is 3. The molecule has 4 rings (SSSR count). The zero-order chi connectivity index (χ0) is 21.0. The standard InChI is InChI=1S/C19H23N4O5S/c1-4-19(7-8-19)21-29(26,27)14-5-6-16-15(10-14)17(24)23(18(25)22(16)3)11-13-9-12(2)20-28-13/h5-6,9-10,14,21H,4,7-8,11H2,1-3H3/q+1. The van der Waals surface area contributed by atoms with E-state index in [1.807, 2.05) is 6.92 Å². The van der Waals surface area contributed by atoms with E-state index in [1.165, 1.54) is 22.8 Å². The van der Waals surface area contributed by atoms with E-state index in [2.05, 4.69) is 9.88 Å². The SMILES string of the molecule is CCC1(NS(=O)(=O)C2C=CC3=[N+](C)C(=O)N(Cc4cc(C)no4)C(=O)C3=C2)CC1.